The summed E-state index contributed by atoms with van der Waals surface area (Å²) in [6.45, 7) is 7.13. The third-order valence-corrected chi connectivity index (χ3v) is 6.19. The highest BCUT2D eigenvalue weighted by molar-refractivity contribution is 5.79. The molecule has 0 radical (unpaired) electrons. The largest absolute Gasteiger partial charge is 0.492 e. The standard InChI is InChI=1S/C21H30N2O3/c24-20(18-7-13-25-15-18)23-11-9-21(17-23)8-4-10-22(16-21)12-14-26-19-5-2-1-3-6-19/h1-3,5-6,18H,4,7-17H2/t18-,21-/m1/s1. The number of carbonyl (C=O) groups excluding carboxylic acids is 1. The van der Waals surface area contributed by atoms with Gasteiger partial charge in [0.05, 0.1) is 12.5 Å². The van der Waals surface area contributed by atoms with Crippen molar-refractivity contribution in [2.45, 2.75) is 25.7 Å². The third-order valence-electron chi connectivity index (χ3n) is 6.19. The van der Waals surface area contributed by atoms with Gasteiger partial charge in [-0.2, -0.15) is 0 Å². The van der Waals surface area contributed by atoms with Crippen molar-refractivity contribution in [3.63, 3.8) is 0 Å². The van der Waals surface area contributed by atoms with Crippen LogP contribution in [0.5, 0.6) is 5.75 Å². The third kappa shape index (κ3) is 4.04. The molecule has 1 amide bonds. The van der Waals surface area contributed by atoms with Gasteiger partial charge in [0.2, 0.25) is 5.91 Å². The molecule has 0 bridgehead atoms. The van der Waals surface area contributed by atoms with Gasteiger partial charge in [-0.15, -0.1) is 0 Å². The summed E-state index contributed by atoms with van der Waals surface area (Å²) < 4.78 is 11.3. The Kier molecular flexibility index (Phi) is 5.46. The van der Waals surface area contributed by atoms with Gasteiger partial charge in [-0.25, -0.2) is 0 Å². The highest BCUT2D eigenvalue weighted by Crippen LogP contribution is 2.39. The van der Waals surface area contributed by atoms with Crippen LogP contribution in [0.15, 0.2) is 30.3 Å². The lowest BCUT2D eigenvalue weighted by Crippen LogP contribution is -2.47. The molecule has 3 saturated heterocycles. The van der Waals surface area contributed by atoms with Gasteiger partial charge in [0.25, 0.3) is 0 Å². The number of carbonyl (C=O) groups is 1. The van der Waals surface area contributed by atoms with Crippen LogP contribution in [0.3, 0.4) is 0 Å². The van der Waals surface area contributed by atoms with Gasteiger partial charge in [-0.1, -0.05) is 18.2 Å². The number of hydrogen-bond acceptors (Lipinski definition) is 4. The number of benzene rings is 1. The van der Waals surface area contributed by atoms with Crippen LogP contribution in [0.25, 0.3) is 0 Å². The quantitative estimate of drug-likeness (QED) is 0.811. The first-order valence-electron chi connectivity index (χ1n) is 10.0. The smallest absolute Gasteiger partial charge is 0.228 e. The van der Waals surface area contributed by atoms with Crippen molar-refractivity contribution in [1.82, 2.24) is 9.80 Å². The molecule has 2 atom stereocenters. The Labute approximate surface area is 156 Å². The summed E-state index contributed by atoms with van der Waals surface area (Å²) in [5.41, 5.74) is 0.292. The molecule has 26 heavy (non-hydrogen) atoms. The zero-order valence-corrected chi connectivity index (χ0v) is 15.6. The molecule has 5 heteroatoms. The number of piperidine rings is 1. The molecule has 1 spiro atoms. The van der Waals surface area contributed by atoms with Crippen LogP contribution in [0.4, 0.5) is 0 Å². The molecule has 3 heterocycles. The van der Waals surface area contributed by atoms with E-state index in [0.29, 0.717) is 17.9 Å². The number of likely N-dealkylation sites (tertiary alicyclic amines) is 2. The summed E-state index contributed by atoms with van der Waals surface area (Å²) in [5, 5.41) is 0. The highest BCUT2D eigenvalue weighted by Gasteiger charge is 2.44. The van der Waals surface area contributed by atoms with E-state index >= 15 is 0 Å². The Morgan fingerprint density at radius 2 is 2.08 bits per heavy atom. The second kappa shape index (κ2) is 7.97. The molecular formula is C21H30N2O3. The van der Waals surface area contributed by atoms with E-state index in [4.69, 9.17) is 9.47 Å². The van der Waals surface area contributed by atoms with Gasteiger partial charge < -0.3 is 14.4 Å². The summed E-state index contributed by atoms with van der Waals surface area (Å²) in [4.78, 5) is 17.3. The zero-order chi connectivity index (χ0) is 17.8. The van der Waals surface area contributed by atoms with E-state index in [-0.39, 0.29) is 5.92 Å². The van der Waals surface area contributed by atoms with E-state index < -0.39 is 0 Å². The van der Waals surface area contributed by atoms with Gasteiger partial charge in [0, 0.05) is 38.2 Å². The molecule has 5 nitrogen and oxygen atoms in total. The van der Waals surface area contributed by atoms with Crippen molar-refractivity contribution in [2.24, 2.45) is 11.3 Å². The first-order chi connectivity index (χ1) is 12.7. The summed E-state index contributed by atoms with van der Waals surface area (Å²) in [5.74, 6) is 1.36. The Morgan fingerprint density at radius 3 is 2.88 bits per heavy atom. The zero-order valence-electron chi connectivity index (χ0n) is 15.6. The minimum Gasteiger partial charge on any atom is -0.492 e. The molecule has 3 aliphatic heterocycles. The van der Waals surface area contributed by atoms with Crippen molar-refractivity contribution in [2.75, 3.05) is 52.5 Å². The Balaban J connectivity index is 1.27. The van der Waals surface area contributed by atoms with Crippen molar-refractivity contribution >= 4 is 5.91 Å². The number of rotatable bonds is 5. The highest BCUT2D eigenvalue weighted by atomic mass is 16.5. The van der Waals surface area contributed by atoms with Gasteiger partial charge in [-0.3, -0.25) is 9.69 Å². The summed E-state index contributed by atoms with van der Waals surface area (Å²) in [6.07, 6.45) is 4.50. The molecule has 1 aromatic rings. The molecule has 0 saturated carbocycles. The minimum absolute atomic E-state index is 0.101. The van der Waals surface area contributed by atoms with E-state index in [1.54, 1.807) is 0 Å². The van der Waals surface area contributed by atoms with Crippen molar-refractivity contribution in [3.8, 4) is 5.75 Å². The first-order valence-corrected chi connectivity index (χ1v) is 10.0. The van der Waals surface area contributed by atoms with E-state index in [1.165, 1.54) is 12.8 Å². The normalized spacial score (nSPS) is 29.4. The van der Waals surface area contributed by atoms with Gasteiger partial charge in [0.1, 0.15) is 12.4 Å². The Morgan fingerprint density at radius 1 is 1.19 bits per heavy atom. The molecule has 0 unspecified atom stereocenters. The Hall–Kier alpha value is -1.59. The number of hydrogen-bond donors (Lipinski definition) is 0. The van der Waals surface area contributed by atoms with Crippen molar-refractivity contribution in [3.05, 3.63) is 30.3 Å². The number of para-hydroxylation sites is 1. The van der Waals surface area contributed by atoms with Crippen LogP contribution in [-0.2, 0) is 9.53 Å². The molecule has 0 N–H and O–H groups in total. The van der Waals surface area contributed by atoms with Gasteiger partial charge in [-0.05, 0) is 44.4 Å². The monoisotopic (exact) mass is 358 g/mol. The molecule has 4 rings (SSSR count). The van der Waals surface area contributed by atoms with Gasteiger partial charge >= 0.3 is 0 Å². The number of amides is 1. The topological polar surface area (TPSA) is 42.0 Å². The molecule has 1 aromatic carbocycles. The summed E-state index contributed by atoms with van der Waals surface area (Å²) >= 11 is 0. The molecule has 0 aromatic heterocycles. The maximum atomic E-state index is 12.7. The lowest BCUT2D eigenvalue weighted by atomic mass is 9.79. The SMILES string of the molecule is O=C([C@@H]1CCOC1)N1CC[C@@]2(CCCN(CCOc3ccccc3)C2)C1. The molecule has 3 aliphatic rings. The number of ether oxygens (including phenoxy) is 2. The first kappa shape index (κ1) is 17.8. The fourth-order valence-electron chi connectivity index (χ4n) is 4.75. The maximum absolute atomic E-state index is 12.7. The second-order valence-corrected chi connectivity index (χ2v) is 8.11. The average Bonchev–Trinajstić information content (AvgIpc) is 3.33. The lowest BCUT2D eigenvalue weighted by molar-refractivity contribution is -0.135. The van der Waals surface area contributed by atoms with Crippen LogP contribution >= 0.6 is 0 Å². The summed E-state index contributed by atoms with van der Waals surface area (Å²) in [7, 11) is 0. The molecule has 3 fully saturated rings. The molecule has 142 valence electrons. The predicted molar refractivity (Wildman–Crippen MR) is 100 cm³/mol. The molecule has 0 aliphatic carbocycles. The van der Waals surface area contributed by atoms with E-state index in [0.717, 1.165) is 64.5 Å². The average molecular weight is 358 g/mol. The van der Waals surface area contributed by atoms with E-state index in [9.17, 15) is 4.79 Å². The van der Waals surface area contributed by atoms with Crippen LogP contribution in [-0.4, -0.2) is 68.3 Å². The second-order valence-electron chi connectivity index (χ2n) is 8.11. The lowest BCUT2D eigenvalue weighted by Gasteiger charge is -2.40. The molecular weight excluding hydrogens is 328 g/mol. The predicted octanol–water partition coefficient (Wildman–Crippen LogP) is 2.42. The van der Waals surface area contributed by atoms with Crippen LogP contribution in [0.2, 0.25) is 0 Å². The Bertz CT molecular complexity index is 603. The fraction of sp³-hybridized carbons (Fsp3) is 0.667. The minimum atomic E-state index is 0.101. The fourth-order valence-corrected chi connectivity index (χ4v) is 4.75. The van der Waals surface area contributed by atoms with Crippen molar-refractivity contribution < 1.29 is 14.3 Å². The van der Waals surface area contributed by atoms with Crippen LogP contribution in [0.1, 0.15) is 25.7 Å². The van der Waals surface area contributed by atoms with Crippen molar-refractivity contribution in [1.29, 1.82) is 0 Å². The maximum Gasteiger partial charge on any atom is 0.228 e. The van der Waals surface area contributed by atoms with Crippen LogP contribution in [0, 0.1) is 11.3 Å². The summed E-state index contributed by atoms with van der Waals surface area (Å²) in [6, 6.07) is 10.0. The van der Waals surface area contributed by atoms with Crippen LogP contribution < -0.4 is 4.74 Å². The van der Waals surface area contributed by atoms with E-state index in [1.807, 2.05) is 30.3 Å². The number of nitrogens with zero attached hydrogens (tertiary/aromatic N) is 2. The van der Waals surface area contributed by atoms with Gasteiger partial charge in [0.15, 0.2) is 0 Å². The van der Waals surface area contributed by atoms with E-state index in [2.05, 4.69) is 9.80 Å².